The monoisotopic (exact) mass is 258 g/mol. The van der Waals surface area contributed by atoms with Crippen LogP contribution in [0.1, 0.15) is 21.6 Å². The molecule has 5 heteroatoms. The maximum atomic E-state index is 12.2. The van der Waals surface area contributed by atoms with E-state index in [0.29, 0.717) is 11.4 Å². The summed E-state index contributed by atoms with van der Waals surface area (Å²) < 4.78 is 1.65. The minimum absolute atomic E-state index is 0.139. The average Bonchev–Trinajstić information content (AvgIpc) is 2.68. The van der Waals surface area contributed by atoms with Crippen molar-refractivity contribution in [1.29, 1.82) is 0 Å². The van der Waals surface area contributed by atoms with Gasteiger partial charge >= 0.3 is 0 Å². The topological polar surface area (TPSA) is 59.0 Å². The third-order valence-electron chi connectivity index (χ3n) is 3.01. The second-order valence-corrected chi connectivity index (χ2v) is 4.53. The zero-order valence-corrected chi connectivity index (χ0v) is 11.6. The van der Waals surface area contributed by atoms with Crippen LogP contribution in [0.2, 0.25) is 0 Å². The Morgan fingerprint density at radius 2 is 2.00 bits per heavy atom. The van der Waals surface area contributed by atoms with Crippen LogP contribution in [0, 0.1) is 13.8 Å². The number of hydrogen-bond donors (Lipinski definition) is 2. The van der Waals surface area contributed by atoms with Gasteiger partial charge in [-0.15, -0.1) is 0 Å². The smallest absolute Gasteiger partial charge is 0.256 e. The summed E-state index contributed by atoms with van der Waals surface area (Å²) in [6.07, 6.45) is 0. The summed E-state index contributed by atoms with van der Waals surface area (Å²) >= 11 is 0. The number of nitrogens with zero attached hydrogens (tertiary/aromatic N) is 2. The van der Waals surface area contributed by atoms with E-state index in [1.54, 1.807) is 11.7 Å². The highest BCUT2D eigenvalue weighted by atomic mass is 16.1. The first-order chi connectivity index (χ1) is 9.01. The van der Waals surface area contributed by atoms with Crippen LogP contribution in [0.15, 0.2) is 24.3 Å². The lowest BCUT2D eigenvalue weighted by atomic mass is 10.1. The molecule has 100 valence electrons. The van der Waals surface area contributed by atoms with Crippen molar-refractivity contribution in [1.82, 2.24) is 9.78 Å². The van der Waals surface area contributed by atoms with Crippen molar-refractivity contribution in [2.24, 2.45) is 7.05 Å². The van der Waals surface area contributed by atoms with Crippen molar-refractivity contribution in [2.45, 2.75) is 13.8 Å². The van der Waals surface area contributed by atoms with E-state index in [-0.39, 0.29) is 5.91 Å². The molecule has 1 aromatic carbocycles. The molecule has 0 aliphatic carbocycles. The highest BCUT2D eigenvalue weighted by Gasteiger charge is 2.10. The van der Waals surface area contributed by atoms with Gasteiger partial charge in [-0.1, -0.05) is 6.07 Å². The molecule has 1 heterocycles. The molecule has 0 saturated carbocycles. The summed E-state index contributed by atoms with van der Waals surface area (Å²) in [6, 6.07) is 7.42. The van der Waals surface area contributed by atoms with E-state index < -0.39 is 0 Å². The SMILES string of the molecule is CNc1cc(C(=O)Nc2cc(C)nn2C)ccc1C. The van der Waals surface area contributed by atoms with E-state index in [9.17, 15) is 4.79 Å². The fraction of sp³-hybridized carbons (Fsp3) is 0.286. The van der Waals surface area contributed by atoms with Gasteiger partial charge in [0.15, 0.2) is 0 Å². The minimum Gasteiger partial charge on any atom is -0.388 e. The highest BCUT2D eigenvalue weighted by molar-refractivity contribution is 6.04. The molecular weight excluding hydrogens is 240 g/mol. The summed E-state index contributed by atoms with van der Waals surface area (Å²) in [5.74, 6) is 0.550. The van der Waals surface area contributed by atoms with Crippen LogP contribution < -0.4 is 10.6 Å². The fourth-order valence-electron chi connectivity index (χ4n) is 1.95. The van der Waals surface area contributed by atoms with Gasteiger partial charge in [-0.3, -0.25) is 9.48 Å². The molecule has 2 rings (SSSR count). The second kappa shape index (κ2) is 5.14. The minimum atomic E-state index is -0.139. The molecule has 0 fully saturated rings. The molecule has 19 heavy (non-hydrogen) atoms. The van der Waals surface area contributed by atoms with Gasteiger partial charge in [0.2, 0.25) is 0 Å². The number of benzene rings is 1. The number of anilines is 2. The predicted octanol–water partition coefficient (Wildman–Crippen LogP) is 2.33. The van der Waals surface area contributed by atoms with Crippen molar-refractivity contribution in [3.05, 3.63) is 41.1 Å². The zero-order valence-electron chi connectivity index (χ0n) is 11.6. The normalized spacial score (nSPS) is 10.3. The van der Waals surface area contributed by atoms with Crippen molar-refractivity contribution in [2.75, 3.05) is 17.7 Å². The number of aryl methyl sites for hydroxylation is 3. The van der Waals surface area contributed by atoms with Gasteiger partial charge < -0.3 is 10.6 Å². The molecule has 0 atom stereocenters. The molecular formula is C14H18N4O. The number of carbonyl (C=O) groups is 1. The third-order valence-corrected chi connectivity index (χ3v) is 3.01. The van der Waals surface area contributed by atoms with Crippen molar-refractivity contribution in [3.63, 3.8) is 0 Å². The van der Waals surface area contributed by atoms with Crippen LogP contribution in [0.5, 0.6) is 0 Å². The van der Waals surface area contributed by atoms with Gasteiger partial charge in [0.25, 0.3) is 5.91 Å². The molecule has 1 aromatic heterocycles. The fourth-order valence-corrected chi connectivity index (χ4v) is 1.95. The largest absolute Gasteiger partial charge is 0.388 e. The van der Waals surface area contributed by atoms with Crippen LogP contribution in [-0.2, 0) is 7.05 Å². The Hall–Kier alpha value is -2.30. The summed E-state index contributed by atoms with van der Waals surface area (Å²) in [4.78, 5) is 12.2. The van der Waals surface area contributed by atoms with Gasteiger partial charge in [0.1, 0.15) is 5.82 Å². The Bertz CT molecular complexity index is 616. The molecule has 0 aliphatic rings. The molecule has 5 nitrogen and oxygen atoms in total. The Morgan fingerprint density at radius 1 is 1.26 bits per heavy atom. The van der Waals surface area contributed by atoms with E-state index in [4.69, 9.17) is 0 Å². The lowest BCUT2D eigenvalue weighted by Gasteiger charge is -2.09. The van der Waals surface area contributed by atoms with Gasteiger partial charge in [-0.2, -0.15) is 5.10 Å². The Balaban J connectivity index is 2.23. The third kappa shape index (κ3) is 2.76. The lowest BCUT2D eigenvalue weighted by Crippen LogP contribution is -2.14. The molecule has 2 aromatic rings. The van der Waals surface area contributed by atoms with E-state index >= 15 is 0 Å². The molecule has 0 unspecified atom stereocenters. The highest BCUT2D eigenvalue weighted by Crippen LogP contribution is 2.17. The molecule has 0 radical (unpaired) electrons. The van der Waals surface area contributed by atoms with E-state index in [0.717, 1.165) is 16.9 Å². The number of nitrogens with one attached hydrogen (secondary N) is 2. The standard InChI is InChI=1S/C14H18N4O/c1-9-5-6-11(8-12(9)15-3)14(19)16-13-7-10(2)17-18(13)4/h5-8,15H,1-4H3,(H,16,19). The molecule has 0 saturated heterocycles. The first-order valence-corrected chi connectivity index (χ1v) is 6.11. The van der Waals surface area contributed by atoms with E-state index in [1.807, 2.05) is 45.2 Å². The van der Waals surface area contributed by atoms with Crippen molar-refractivity contribution >= 4 is 17.4 Å². The second-order valence-electron chi connectivity index (χ2n) is 4.53. The summed E-state index contributed by atoms with van der Waals surface area (Å²) in [5.41, 5.74) is 3.55. The van der Waals surface area contributed by atoms with Crippen LogP contribution in [0.4, 0.5) is 11.5 Å². The van der Waals surface area contributed by atoms with E-state index in [2.05, 4.69) is 15.7 Å². The molecule has 2 N–H and O–H groups in total. The number of rotatable bonds is 3. The average molecular weight is 258 g/mol. The van der Waals surface area contributed by atoms with Crippen molar-refractivity contribution in [3.8, 4) is 0 Å². The number of aromatic nitrogens is 2. The molecule has 0 aliphatic heterocycles. The van der Waals surface area contributed by atoms with E-state index in [1.165, 1.54) is 0 Å². The zero-order chi connectivity index (χ0) is 14.0. The van der Waals surface area contributed by atoms with Crippen LogP contribution in [0.25, 0.3) is 0 Å². The first kappa shape index (κ1) is 13.1. The maximum absolute atomic E-state index is 12.2. The lowest BCUT2D eigenvalue weighted by molar-refractivity contribution is 0.102. The summed E-state index contributed by atoms with van der Waals surface area (Å²) in [7, 11) is 3.64. The van der Waals surface area contributed by atoms with Crippen LogP contribution in [0.3, 0.4) is 0 Å². The Morgan fingerprint density at radius 3 is 2.58 bits per heavy atom. The van der Waals surface area contributed by atoms with Crippen molar-refractivity contribution < 1.29 is 4.79 Å². The van der Waals surface area contributed by atoms with Gasteiger partial charge in [0.05, 0.1) is 5.69 Å². The maximum Gasteiger partial charge on any atom is 0.256 e. The summed E-state index contributed by atoms with van der Waals surface area (Å²) in [6.45, 7) is 3.89. The molecule has 0 bridgehead atoms. The summed E-state index contributed by atoms with van der Waals surface area (Å²) in [5, 5.41) is 10.1. The quantitative estimate of drug-likeness (QED) is 0.888. The van der Waals surface area contributed by atoms with Crippen LogP contribution in [-0.4, -0.2) is 22.7 Å². The first-order valence-electron chi connectivity index (χ1n) is 6.11. The molecule has 0 spiro atoms. The van der Waals surface area contributed by atoms with Gasteiger partial charge in [-0.25, -0.2) is 0 Å². The van der Waals surface area contributed by atoms with Crippen LogP contribution >= 0.6 is 0 Å². The number of amides is 1. The molecule has 1 amide bonds. The number of hydrogen-bond acceptors (Lipinski definition) is 3. The Kier molecular flexibility index (Phi) is 3.55. The number of carbonyl (C=O) groups excluding carboxylic acids is 1. The predicted molar refractivity (Wildman–Crippen MR) is 76.6 cm³/mol. The Labute approximate surface area is 112 Å². The van der Waals surface area contributed by atoms with Gasteiger partial charge in [-0.05, 0) is 31.5 Å². The van der Waals surface area contributed by atoms with Gasteiger partial charge in [0, 0.05) is 31.4 Å².